The van der Waals surface area contributed by atoms with Crippen LogP contribution in [0.5, 0.6) is 0 Å². The summed E-state index contributed by atoms with van der Waals surface area (Å²) in [6, 6.07) is 0.351. The van der Waals surface area contributed by atoms with Gasteiger partial charge in [-0.05, 0) is 19.3 Å². The van der Waals surface area contributed by atoms with Crippen LogP contribution in [0.4, 0.5) is 4.79 Å². The van der Waals surface area contributed by atoms with E-state index in [-0.39, 0.29) is 12.1 Å². The van der Waals surface area contributed by atoms with Crippen molar-refractivity contribution in [1.29, 1.82) is 0 Å². The lowest BCUT2D eigenvalue weighted by molar-refractivity contribution is 0.156. The van der Waals surface area contributed by atoms with Crippen molar-refractivity contribution in [3.63, 3.8) is 0 Å². The molecule has 1 saturated heterocycles. The molecule has 0 aromatic carbocycles. The number of carbonyl (C=O) groups is 1. The standard InChI is InChI=1S/C10H21N3O/c1-4-12(3)10(14)13-6-5-8(2)9(13)7-11/h8-9H,4-7,11H2,1-3H3. The van der Waals surface area contributed by atoms with Gasteiger partial charge in [-0.15, -0.1) is 0 Å². The van der Waals surface area contributed by atoms with Crippen molar-refractivity contribution < 1.29 is 4.79 Å². The summed E-state index contributed by atoms with van der Waals surface area (Å²) in [7, 11) is 1.83. The minimum atomic E-state index is 0.118. The Morgan fingerprint density at radius 2 is 2.29 bits per heavy atom. The maximum atomic E-state index is 11.9. The molecular formula is C10H21N3O. The number of carbonyl (C=O) groups excluding carboxylic acids is 1. The summed E-state index contributed by atoms with van der Waals surface area (Å²) in [5.74, 6) is 0.536. The third-order valence-electron chi connectivity index (χ3n) is 3.17. The number of nitrogens with two attached hydrogens (primary N) is 1. The molecule has 1 aliphatic heterocycles. The number of hydrogen-bond acceptors (Lipinski definition) is 2. The van der Waals surface area contributed by atoms with E-state index in [1.807, 2.05) is 18.9 Å². The number of nitrogens with zero attached hydrogens (tertiary/aromatic N) is 2. The number of urea groups is 1. The molecule has 1 aliphatic rings. The molecule has 1 heterocycles. The fourth-order valence-corrected chi connectivity index (χ4v) is 1.96. The first-order chi connectivity index (χ1) is 6.61. The van der Waals surface area contributed by atoms with Crippen LogP contribution in [0.1, 0.15) is 20.3 Å². The Kier molecular flexibility index (Phi) is 3.75. The van der Waals surface area contributed by atoms with Gasteiger partial charge < -0.3 is 15.5 Å². The van der Waals surface area contributed by atoms with E-state index in [0.29, 0.717) is 12.5 Å². The molecule has 0 saturated carbocycles. The van der Waals surface area contributed by atoms with E-state index < -0.39 is 0 Å². The predicted octanol–water partition coefficient (Wildman–Crippen LogP) is 0.727. The van der Waals surface area contributed by atoms with Crippen LogP contribution in [0.3, 0.4) is 0 Å². The second kappa shape index (κ2) is 4.64. The molecule has 2 amide bonds. The third kappa shape index (κ3) is 2.00. The summed E-state index contributed by atoms with van der Waals surface area (Å²) in [4.78, 5) is 15.5. The first-order valence-corrected chi connectivity index (χ1v) is 5.33. The van der Waals surface area contributed by atoms with Crippen LogP contribution in [0, 0.1) is 5.92 Å². The van der Waals surface area contributed by atoms with Crippen molar-refractivity contribution in [2.24, 2.45) is 11.7 Å². The molecular weight excluding hydrogens is 178 g/mol. The molecule has 14 heavy (non-hydrogen) atoms. The molecule has 0 aliphatic carbocycles. The lowest BCUT2D eigenvalue weighted by Crippen LogP contribution is -2.47. The maximum Gasteiger partial charge on any atom is 0.320 e. The smallest absolute Gasteiger partial charge is 0.320 e. The Labute approximate surface area is 86.0 Å². The molecule has 82 valence electrons. The van der Waals surface area contributed by atoms with Gasteiger partial charge in [-0.3, -0.25) is 0 Å². The molecule has 2 atom stereocenters. The zero-order valence-electron chi connectivity index (χ0n) is 9.36. The first kappa shape index (κ1) is 11.3. The normalized spacial score (nSPS) is 26.7. The Bertz CT molecular complexity index is 208. The van der Waals surface area contributed by atoms with Crippen LogP contribution in [-0.4, -0.2) is 48.6 Å². The summed E-state index contributed by atoms with van der Waals surface area (Å²) in [5.41, 5.74) is 5.68. The molecule has 1 rings (SSSR count). The van der Waals surface area contributed by atoms with E-state index in [1.54, 1.807) is 4.90 Å². The van der Waals surface area contributed by atoms with Gasteiger partial charge in [-0.1, -0.05) is 6.92 Å². The molecule has 2 unspecified atom stereocenters. The van der Waals surface area contributed by atoms with E-state index in [1.165, 1.54) is 0 Å². The average molecular weight is 199 g/mol. The Morgan fingerprint density at radius 3 is 2.79 bits per heavy atom. The average Bonchev–Trinajstić information content (AvgIpc) is 2.57. The minimum absolute atomic E-state index is 0.118. The predicted molar refractivity (Wildman–Crippen MR) is 57.0 cm³/mol. The largest absolute Gasteiger partial charge is 0.328 e. The second-order valence-electron chi connectivity index (χ2n) is 4.06. The first-order valence-electron chi connectivity index (χ1n) is 5.33. The van der Waals surface area contributed by atoms with Crippen LogP contribution in [0.25, 0.3) is 0 Å². The zero-order chi connectivity index (χ0) is 10.7. The second-order valence-corrected chi connectivity index (χ2v) is 4.06. The van der Waals surface area contributed by atoms with Crippen molar-refractivity contribution in [3.8, 4) is 0 Å². The number of likely N-dealkylation sites (tertiary alicyclic amines) is 1. The topological polar surface area (TPSA) is 49.6 Å². The van der Waals surface area contributed by atoms with Crippen LogP contribution in [0.2, 0.25) is 0 Å². The van der Waals surface area contributed by atoms with Crippen LogP contribution in [-0.2, 0) is 0 Å². The highest BCUT2D eigenvalue weighted by Crippen LogP contribution is 2.23. The van der Waals surface area contributed by atoms with E-state index in [0.717, 1.165) is 19.5 Å². The van der Waals surface area contributed by atoms with Gasteiger partial charge in [0.15, 0.2) is 0 Å². The molecule has 0 aromatic heterocycles. The van der Waals surface area contributed by atoms with Gasteiger partial charge in [-0.2, -0.15) is 0 Å². The molecule has 0 aromatic rings. The third-order valence-corrected chi connectivity index (χ3v) is 3.17. The molecule has 4 nitrogen and oxygen atoms in total. The van der Waals surface area contributed by atoms with Crippen molar-refractivity contribution in [2.75, 3.05) is 26.7 Å². The summed E-state index contributed by atoms with van der Waals surface area (Å²) in [6.07, 6.45) is 1.07. The Morgan fingerprint density at radius 1 is 1.64 bits per heavy atom. The van der Waals surface area contributed by atoms with Crippen LogP contribution < -0.4 is 5.73 Å². The fraction of sp³-hybridized carbons (Fsp3) is 0.900. The van der Waals surface area contributed by atoms with E-state index in [9.17, 15) is 4.79 Å². The number of hydrogen-bond donors (Lipinski definition) is 1. The highest BCUT2D eigenvalue weighted by atomic mass is 16.2. The van der Waals surface area contributed by atoms with Gasteiger partial charge >= 0.3 is 6.03 Å². The Hall–Kier alpha value is -0.770. The zero-order valence-corrected chi connectivity index (χ0v) is 9.36. The van der Waals surface area contributed by atoms with Gasteiger partial charge in [0.05, 0.1) is 0 Å². The van der Waals surface area contributed by atoms with Crippen molar-refractivity contribution in [1.82, 2.24) is 9.80 Å². The Balaban J connectivity index is 2.64. The summed E-state index contributed by atoms with van der Waals surface area (Å²) < 4.78 is 0. The van der Waals surface area contributed by atoms with Gasteiger partial charge in [0.25, 0.3) is 0 Å². The van der Waals surface area contributed by atoms with Crippen molar-refractivity contribution in [3.05, 3.63) is 0 Å². The van der Waals surface area contributed by atoms with Gasteiger partial charge in [0.2, 0.25) is 0 Å². The highest BCUT2D eigenvalue weighted by molar-refractivity contribution is 5.74. The highest BCUT2D eigenvalue weighted by Gasteiger charge is 2.34. The molecule has 0 spiro atoms. The lowest BCUT2D eigenvalue weighted by atomic mass is 10.0. The molecule has 0 radical (unpaired) electrons. The van der Waals surface area contributed by atoms with Gasteiger partial charge in [0.1, 0.15) is 0 Å². The summed E-state index contributed by atoms with van der Waals surface area (Å²) >= 11 is 0. The fourth-order valence-electron chi connectivity index (χ4n) is 1.96. The molecule has 4 heteroatoms. The quantitative estimate of drug-likeness (QED) is 0.712. The van der Waals surface area contributed by atoms with Gasteiger partial charge in [0, 0.05) is 32.7 Å². The molecule has 0 bridgehead atoms. The lowest BCUT2D eigenvalue weighted by Gasteiger charge is -2.29. The SMILES string of the molecule is CCN(C)C(=O)N1CCC(C)C1CN. The van der Waals surface area contributed by atoms with E-state index in [2.05, 4.69) is 6.92 Å². The molecule has 1 fully saturated rings. The minimum Gasteiger partial charge on any atom is -0.328 e. The number of rotatable bonds is 2. The number of amides is 2. The van der Waals surface area contributed by atoms with E-state index in [4.69, 9.17) is 5.73 Å². The van der Waals surface area contributed by atoms with Crippen LogP contribution >= 0.6 is 0 Å². The van der Waals surface area contributed by atoms with Gasteiger partial charge in [-0.25, -0.2) is 4.79 Å². The monoisotopic (exact) mass is 199 g/mol. The van der Waals surface area contributed by atoms with Crippen molar-refractivity contribution >= 4 is 6.03 Å². The summed E-state index contributed by atoms with van der Waals surface area (Å²) in [5, 5.41) is 0. The van der Waals surface area contributed by atoms with Crippen molar-refractivity contribution in [2.45, 2.75) is 26.3 Å². The molecule has 2 N–H and O–H groups in total. The van der Waals surface area contributed by atoms with E-state index >= 15 is 0 Å². The summed E-state index contributed by atoms with van der Waals surface area (Å²) in [6.45, 7) is 6.32. The maximum absolute atomic E-state index is 11.9. The van der Waals surface area contributed by atoms with Crippen LogP contribution in [0.15, 0.2) is 0 Å².